The average Bonchev–Trinajstić information content (AvgIpc) is 3.43. The summed E-state index contributed by atoms with van der Waals surface area (Å²) in [7, 11) is 0. The molecular formula is C20H25N3O2S. The summed E-state index contributed by atoms with van der Waals surface area (Å²) >= 11 is 1.81. The van der Waals surface area contributed by atoms with E-state index < -0.39 is 0 Å². The molecule has 1 aliphatic carbocycles. The maximum atomic E-state index is 12.1. The van der Waals surface area contributed by atoms with Gasteiger partial charge in [-0.3, -0.25) is 9.59 Å². The lowest BCUT2D eigenvalue weighted by Gasteiger charge is -2.09. The predicted molar refractivity (Wildman–Crippen MR) is 105 cm³/mol. The molecule has 1 aromatic heterocycles. The van der Waals surface area contributed by atoms with Crippen molar-refractivity contribution in [3.05, 3.63) is 58.0 Å². The van der Waals surface area contributed by atoms with Crippen LogP contribution < -0.4 is 10.9 Å². The van der Waals surface area contributed by atoms with Crippen molar-refractivity contribution >= 4 is 17.7 Å². The van der Waals surface area contributed by atoms with Crippen molar-refractivity contribution < 1.29 is 4.79 Å². The number of nitrogens with zero attached hydrogens (tertiary/aromatic N) is 2. The van der Waals surface area contributed by atoms with E-state index in [4.69, 9.17) is 0 Å². The quantitative estimate of drug-likeness (QED) is 0.725. The van der Waals surface area contributed by atoms with E-state index in [1.165, 1.54) is 9.58 Å². The summed E-state index contributed by atoms with van der Waals surface area (Å²) < 4.78 is 1.45. The monoisotopic (exact) mass is 371 g/mol. The molecule has 1 fully saturated rings. The van der Waals surface area contributed by atoms with E-state index >= 15 is 0 Å². The molecule has 26 heavy (non-hydrogen) atoms. The third-order valence-electron chi connectivity index (χ3n) is 4.19. The number of rotatable bonds is 8. The molecule has 1 saturated carbocycles. The largest absolute Gasteiger partial charge is 0.354 e. The maximum absolute atomic E-state index is 12.1. The highest BCUT2D eigenvalue weighted by molar-refractivity contribution is 7.99. The highest BCUT2D eigenvalue weighted by Crippen LogP contribution is 2.38. The molecule has 0 saturated heterocycles. The number of carbonyl (C=O) groups is 1. The minimum Gasteiger partial charge on any atom is -0.354 e. The number of aromatic nitrogens is 2. The van der Waals surface area contributed by atoms with Crippen molar-refractivity contribution in [3.8, 4) is 0 Å². The Bertz CT molecular complexity index is 811. The molecule has 1 amide bonds. The van der Waals surface area contributed by atoms with Crippen LogP contribution in [0.5, 0.6) is 0 Å². The summed E-state index contributed by atoms with van der Waals surface area (Å²) in [5, 5.41) is 7.81. The summed E-state index contributed by atoms with van der Waals surface area (Å²) in [6, 6.07) is 11.5. The highest BCUT2D eigenvalue weighted by Gasteiger charge is 2.25. The van der Waals surface area contributed by atoms with Crippen molar-refractivity contribution in [1.82, 2.24) is 15.1 Å². The number of hydrogen-bond acceptors (Lipinski definition) is 4. The number of hydrogen-bond donors (Lipinski definition) is 1. The van der Waals surface area contributed by atoms with Crippen LogP contribution in [-0.2, 0) is 17.8 Å². The Morgan fingerprint density at radius 3 is 2.62 bits per heavy atom. The van der Waals surface area contributed by atoms with Crippen molar-refractivity contribution in [1.29, 1.82) is 0 Å². The second-order valence-electron chi connectivity index (χ2n) is 6.93. The van der Waals surface area contributed by atoms with Crippen molar-refractivity contribution in [3.63, 3.8) is 0 Å². The van der Waals surface area contributed by atoms with Gasteiger partial charge in [0.05, 0.1) is 18.7 Å². The second kappa shape index (κ2) is 8.54. The topological polar surface area (TPSA) is 64.0 Å². The zero-order chi connectivity index (χ0) is 18.5. The molecule has 138 valence electrons. The third kappa shape index (κ3) is 5.46. The van der Waals surface area contributed by atoms with E-state index in [1.807, 2.05) is 18.2 Å². The molecule has 0 spiro atoms. The molecule has 0 unspecified atom stereocenters. The Hall–Kier alpha value is -2.08. The number of carbonyl (C=O) groups excluding carboxylic acids is 1. The Labute approximate surface area is 158 Å². The van der Waals surface area contributed by atoms with Gasteiger partial charge in [-0.15, -0.1) is 11.8 Å². The standard InChI is InChI=1S/C20H25N3O2S/c1-14(2)26-17-7-3-15(4-8-17)13-19(24)21-11-12-23-20(25)10-9-18(22-23)16-5-6-16/h3-4,7-10,14,16H,5-6,11-13H2,1-2H3,(H,21,24). The van der Waals surface area contributed by atoms with Gasteiger partial charge in [0, 0.05) is 28.7 Å². The van der Waals surface area contributed by atoms with Gasteiger partial charge in [0.25, 0.3) is 5.56 Å². The first-order valence-electron chi connectivity index (χ1n) is 9.11. The van der Waals surface area contributed by atoms with Crippen LogP contribution in [0.3, 0.4) is 0 Å². The molecule has 0 radical (unpaired) electrons. The summed E-state index contributed by atoms with van der Waals surface area (Å²) in [6.07, 6.45) is 2.64. The molecule has 3 rings (SSSR count). The lowest BCUT2D eigenvalue weighted by Crippen LogP contribution is -2.32. The predicted octanol–water partition coefficient (Wildman–Crippen LogP) is 2.98. The number of nitrogens with one attached hydrogen (secondary N) is 1. The highest BCUT2D eigenvalue weighted by atomic mass is 32.2. The van der Waals surface area contributed by atoms with E-state index in [1.54, 1.807) is 17.8 Å². The van der Waals surface area contributed by atoms with Crippen LogP contribution in [0, 0.1) is 0 Å². The minimum atomic E-state index is -0.123. The molecule has 0 bridgehead atoms. The van der Waals surface area contributed by atoms with Gasteiger partial charge in [0.15, 0.2) is 0 Å². The second-order valence-corrected chi connectivity index (χ2v) is 8.58. The van der Waals surface area contributed by atoms with Gasteiger partial charge < -0.3 is 5.32 Å². The summed E-state index contributed by atoms with van der Waals surface area (Å²) in [6.45, 7) is 5.12. The fourth-order valence-corrected chi connectivity index (χ4v) is 3.57. The van der Waals surface area contributed by atoms with Crippen LogP contribution in [0.15, 0.2) is 46.1 Å². The smallest absolute Gasteiger partial charge is 0.266 e. The minimum absolute atomic E-state index is 0.0411. The third-order valence-corrected chi connectivity index (χ3v) is 5.20. The van der Waals surface area contributed by atoms with E-state index in [-0.39, 0.29) is 11.5 Å². The van der Waals surface area contributed by atoms with Gasteiger partial charge >= 0.3 is 0 Å². The van der Waals surface area contributed by atoms with Gasteiger partial charge in [-0.2, -0.15) is 5.10 Å². The Morgan fingerprint density at radius 2 is 1.96 bits per heavy atom. The van der Waals surface area contributed by atoms with Crippen molar-refractivity contribution in [2.45, 2.75) is 55.7 Å². The van der Waals surface area contributed by atoms with E-state index in [0.717, 1.165) is 24.1 Å². The molecular weight excluding hydrogens is 346 g/mol. The molecule has 6 heteroatoms. The van der Waals surface area contributed by atoms with E-state index in [2.05, 4.69) is 36.4 Å². The molecule has 1 N–H and O–H groups in total. The molecule has 0 aliphatic heterocycles. The lowest BCUT2D eigenvalue weighted by atomic mass is 10.1. The van der Waals surface area contributed by atoms with E-state index in [9.17, 15) is 9.59 Å². The van der Waals surface area contributed by atoms with Crippen LogP contribution in [0.4, 0.5) is 0 Å². The number of amides is 1. The van der Waals surface area contributed by atoms with Crippen LogP contribution in [-0.4, -0.2) is 27.5 Å². The number of thioether (sulfide) groups is 1. The molecule has 2 aromatic rings. The van der Waals surface area contributed by atoms with E-state index in [0.29, 0.717) is 30.7 Å². The Balaban J connectivity index is 1.47. The zero-order valence-corrected chi connectivity index (χ0v) is 16.1. The fourth-order valence-electron chi connectivity index (χ4n) is 2.73. The first-order chi connectivity index (χ1) is 12.5. The maximum Gasteiger partial charge on any atom is 0.266 e. The van der Waals surface area contributed by atoms with Gasteiger partial charge in [-0.1, -0.05) is 26.0 Å². The van der Waals surface area contributed by atoms with Crippen LogP contribution in [0.1, 0.15) is 43.9 Å². The van der Waals surface area contributed by atoms with Gasteiger partial charge in [-0.25, -0.2) is 4.68 Å². The fraction of sp³-hybridized carbons (Fsp3) is 0.450. The molecule has 1 aliphatic rings. The van der Waals surface area contributed by atoms with Crippen LogP contribution in [0.25, 0.3) is 0 Å². The SMILES string of the molecule is CC(C)Sc1ccc(CC(=O)NCCn2nc(C3CC3)ccc2=O)cc1. The molecule has 1 aromatic carbocycles. The van der Waals surface area contributed by atoms with Crippen molar-refractivity contribution in [2.24, 2.45) is 0 Å². The normalized spacial score (nSPS) is 13.8. The lowest BCUT2D eigenvalue weighted by molar-refractivity contribution is -0.120. The average molecular weight is 372 g/mol. The van der Waals surface area contributed by atoms with Crippen LogP contribution in [0.2, 0.25) is 0 Å². The zero-order valence-electron chi connectivity index (χ0n) is 15.3. The Morgan fingerprint density at radius 1 is 1.23 bits per heavy atom. The van der Waals surface area contributed by atoms with Crippen molar-refractivity contribution in [2.75, 3.05) is 6.54 Å². The molecule has 5 nitrogen and oxygen atoms in total. The Kier molecular flexibility index (Phi) is 6.14. The first kappa shape index (κ1) is 18.7. The summed E-state index contributed by atoms with van der Waals surface area (Å²) in [5.41, 5.74) is 1.85. The van der Waals surface area contributed by atoms with Gasteiger partial charge in [0.2, 0.25) is 5.91 Å². The number of benzene rings is 1. The summed E-state index contributed by atoms with van der Waals surface area (Å²) in [5.74, 6) is 0.467. The molecule has 0 atom stereocenters. The van der Waals surface area contributed by atoms with Gasteiger partial charge in [-0.05, 0) is 36.6 Å². The van der Waals surface area contributed by atoms with Gasteiger partial charge in [0.1, 0.15) is 0 Å². The first-order valence-corrected chi connectivity index (χ1v) is 9.99. The van der Waals surface area contributed by atoms with Crippen LogP contribution >= 0.6 is 11.8 Å². The summed E-state index contributed by atoms with van der Waals surface area (Å²) in [4.78, 5) is 25.2. The molecule has 1 heterocycles.